The van der Waals surface area contributed by atoms with Crippen LogP contribution in [0.25, 0.3) is 0 Å². The van der Waals surface area contributed by atoms with E-state index in [-0.39, 0.29) is 0 Å². The van der Waals surface area contributed by atoms with Gasteiger partial charge in [0.1, 0.15) is 0 Å². The minimum absolute atomic E-state index is 0.355. The highest BCUT2D eigenvalue weighted by atomic mass is 32.2. The van der Waals surface area contributed by atoms with Gasteiger partial charge in [-0.3, -0.25) is 0 Å². The SMILES string of the molecule is CCNCC1(CN2CCSC(C)(C)C2)CCOC1. The van der Waals surface area contributed by atoms with Crippen LogP contribution in [0, 0.1) is 5.41 Å². The largest absolute Gasteiger partial charge is 0.381 e. The Labute approximate surface area is 116 Å². The average molecular weight is 272 g/mol. The van der Waals surface area contributed by atoms with Crippen molar-refractivity contribution in [2.75, 3.05) is 51.7 Å². The molecule has 0 bridgehead atoms. The maximum Gasteiger partial charge on any atom is 0.0547 e. The van der Waals surface area contributed by atoms with Crippen LogP contribution in [0.5, 0.6) is 0 Å². The van der Waals surface area contributed by atoms with Crippen LogP contribution in [0.3, 0.4) is 0 Å². The molecule has 1 unspecified atom stereocenters. The molecule has 0 radical (unpaired) electrons. The number of thioether (sulfide) groups is 1. The Morgan fingerprint density at radius 3 is 2.83 bits per heavy atom. The van der Waals surface area contributed by atoms with E-state index >= 15 is 0 Å². The quantitative estimate of drug-likeness (QED) is 0.825. The predicted octanol–water partition coefficient (Wildman–Crippen LogP) is 1.83. The van der Waals surface area contributed by atoms with E-state index in [1.807, 2.05) is 0 Å². The first-order valence-electron chi connectivity index (χ1n) is 7.20. The van der Waals surface area contributed by atoms with Crippen molar-refractivity contribution in [1.29, 1.82) is 0 Å². The van der Waals surface area contributed by atoms with Gasteiger partial charge < -0.3 is 15.0 Å². The van der Waals surface area contributed by atoms with Crippen molar-refractivity contribution in [3.8, 4) is 0 Å². The van der Waals surface area contributed by atoms with Crippen LogP contribution in [0.15, 0.2) is 0 Å². The molecule has 0 aromatic carbocycles. The summed E-state index contributed by atoms with van der Waals surface area (Å²) in [5, 5.41) is 3.53. The molecule has 3 nitrogen and oxygen atoms in total. The molecule has 2 rings (SSSR count). The van der Waals surface area contributed by atoms with Crippen LogP contribution in [-0.4, -0.2) is 61.3 Å². The molecule has 4 heteroatoms. The third-order valence-corrected chi connectivity index (χ3v) is 5.30. The van der Waals surface area contributed by atoms with Crippen LogP contribution in [-0.2, 0) is 4.74 Å². The Bertz CT molecular complexity index is 265. The summed E-state index contributed by atoms with van der Waals surface area (Å²) in [6, 6.07) is 0. The van der Waals surface area contributed by atoms with Crippen molar-refractivity contribution in [1.82, 2.24) is 10.2 Å². The van der Waals surface area contributed by atoms with Gasteiger partial charge in [-0.05, 0) is 26.8 Å². The van der Waals surface area contributed by atoms with Crippen LogP contribution >= 0.6 is 11.8 Å². The third-order valence-electron chi connectivity index (χ3n) is 4.00. The summed E-state index contributed by atoms with van der Waals surface area (Å²) >= 11 is 2.11. The van der Waals surface area contributed by atoms with Crippen LogP contribution in [0.2, 0.25) is 0 Å². The molecule has 0 aliphatic carbocycles. The fourth-order valence-corrected chi connectivity index (χ4v) is 4.26. The topological polar surface area (TPSA) is 24.5 Å². The molecule has 18 heavy (non-hydrogen) atoms. The van der Waals surface area contributed by atoms with Crippen molar-refractivity contribution in [2.24, 2.45) is 5.41 Å². The molecular weight excluding hydrogens is 244 g/mol. The number of nitrogens with zero attached hydrogens (tertiary/aromatic N) is 1. The van der Waals surface area contributed by atoms with Crippen LogP contribution in [0.1, 0.15) is 27.2 Å². The van der Waals surface area contributed by atoms with Gasteiger partial charge in [-0.1, -0.05) is 6.92 Å². The van der Waals surface area contributed by atoms with Crippen molar-refractivity contribution < 1.29 is 4.74 Å². The van der Waals surface area contributed by atoms with E-state index in [1.165, 1.54) is 31.8 Å². The lowest BCUT2D eigenvalue weighted by molar-refractivity contribution is 0.106. The van der Waals surface area contributed by atoms with Gasteiger partial charge in [0, 0.05) is 48.7 Å². The zero-order valence-electron chi connectivity index (χ0n) is 12.1. The predicted molar refractivity (Wildman–Crippen MR) is 79.4 cm³/mol. The maximum atomic E-state index is 5.68. The average Bonchev–Trinajstić information content (AvgIpc) is 2.74. The van der Waals surface area contributed by atoms with Gasteiger partial charge in [0.25, 0.3) is 0 Å². The van der Waals surface area contributed by atoms with Crippen LogP contribution in [0.4, 0.5) is 0 Å². The van der Waals surface area contributed by atoms with Crippen molar-refractivity contribution in [3.05, 3.63) is 0 Å². The Balaban J connectivity index is 1.92. The second-order valence-corrected chi connectivity index (χ2v) is 8.20. The lowest BCUT2D eigenvalue weighted by atomic mass is 9.86. The standard InChI is InChI=1S/C14H28N2OS/c1-4-15-9-14(5-7-17-12-14)11-16-6-8-18-13(2,3)10-16/h15H,4-12H2,1-3H3. The van der Waals surface area contributed by atoms with Gasteiger partial charge in [0.2, 0.25) is 0 Å². The summed E-state index contributed by atoms with van der Waals surface area (Å²) in [6.45, 7) is 14.6. The molecule has 0 aromatic heterocycles. The molecule has 0 spiro atoms. The van der Waals surface area contributed by atoms with Gasteiger partial charge in [0.15, 0.2) is 0 Å². The number of ether oxygens (including phenoxy) is 1. The maximum absolute atomic E-state index is 5.68. The van der Waals surface area contributed by atoms with Crippen LogP contribution < -0.4 is 5.32 Å². The Morgan fingerprint density at radius 2 is 2.22 bits per heavy atom. The van der Waals surface area contributed by atoms with E-state index in [0.29, 0.717) is 10.2 Å². The molecule has 106 valence electrons. The molecule has 2 aliphatic rings. The fourth-order valence-electron chi connectivity index (χ4n) is 3.08. The molecule has 1 atom stereocenters. The molecular formula is C14H28N2OS. The summed E-state index contributed by atoms with van der Waals surface area (Å²) in [6.07, 6.45) is 1.21. The highest BCUT2D eigenvalue weighted by Gasteiger charge is 2.38. The fraction of sp³-hybridized carbons (Fsp3) is 1.00. The summed E-state index contributed by atoms with van der Waals surface area (Å²) in [5.74, 6) is 1.27. The van der Waals surface area contributed by atoms with E-state index in [9.17, 15) is 0 Å². The number of hydrogen-bond acceptors (Lipinski definition) is 4. The van der Waals surface area contributed by atoms with E-state index < -0.39 is 0 Å². The molecule has 0 saturated carbocycles. The second kappa shape index (κ2) is 6.12. The summed E-state index contributed by atoms with van der Waals surface area (Å²) in [5.41, 5.74) is 0.355. The lowest BCUT2D eigenvalue weighted by Gasteiger charge is -2.42. The third kappa shape index (κ3) is 3.86. The van der Waals surface area contributed by atoms with E-state index in [2.05, 4.69) is 42.7 Å². The van der Waals surface area contributed by atoms with E-state index in [0.717, 1.165) is 26.3 Å². The van der Waals surface area contributed by atoms with E-state index in [4.69, 9.17) is 4.74 Å². The van der Waals surface area contributed by atoms with Crippen molar-refractivity contribution in [3.63, 3.8) is 0 Å². The van der Waals surface area contributed by atoms with Gasteiger partial charge in [-0.15, -0.1) is 0 Å². The van der Waals surface area contributed by atoms with Crippen molar-refractivity contribution >= 4 is 11.8 Å². The molecule has 0 amide bonds. The van der Waals surface area contributed by atoms with Gasteiger partial charge in [-0.25, -0.2) is 0 Å². The number of nitrogens with one attached hydrogen (secondary N) is 1. The lowest BCUT2D eigenvalue weighted by Crippen LogP contribution is -2.50. The van der Waals surface area contributed by atoms with Gasteiger partial charge >= 0.3 is 0 Å². The first kappa shape index (κ1) is 14.6. The van der Waals surface area contributed by atoms with Gasteiger partial charge in [0.05, 0.1) is 6.61 Å². The number of hydrogen-bond donors (Lipinski definition) is 1. The Hall–Kier alpha value is 0.230. The number of rotatable bonds is 5. The smallest absolute Gasteiger partial charge is 0.0547 e. The molecule has 2 saturated heterocycles. The zero-order chi connectivity index (χ0) is 13.1. The second-order valence-electron chi connectivity index (χ2n) is 6.40. The molecule has 0 aromatic rings. The Morgan fingerprint density at radius 1 is 1.39 bits per heavy atom. The highest BCUT2D eigenvalue weighted by molar-refractivity contribution is 8.00. The Kier molecular flexibility index (Phi) is 4.98. The minimum Gasteiger partial charge on any atom is -0.381 e. The molecule has 2 fully saturated rings. The monoisotopic (exact) mass is 272 g/mol. The first-order chi connectivity index (χ1) is 8.55. The van der Waals surface area contributed by atoms with E-state index in [1.54, 1.807) is 0 Å². The first-order valence-corrected chi connectivity index (χ1v) is 8.19. The molecule has 1 N–H and O–H groups in total. The minimum atomic E-state index is 0.355. The summed E-state index contributed by atoms with van der Waals surface area (Å²) in [7, 11) is 0. The van der Waals surface area contributed by atoms with Crippen molar-refractivity contribution in [2.45, 2.75) is 31.9 Å². The zero-order valence-corrected chi connectivity index (χ0v) is 12.9. The van der Waals surface area contributed by atoms with Gasteiger partial charge in [-0.2, -0.15) is 11.8 Å². The normalized spacial score (nSPS) is 32.8. The molecule has 2 heterocycles. The summed E-state index contributed by atoms with van der Waals surface area (Å²) in [4.78, 5) is 2.66. The molecule has 2 aliphatic heterocycles. The highest BCUT2D eigenvalue weighted by Crippen LogP contribution is 2.34. The summed E-state index contributed by atoms with van der Waals surface area (Å²) < 4.78 is 6.09.